The number of hydrogen-bond donors (Lipinski definition) is 0. The van der Waals surface area contributed by atoms with E-state index in [9.17, 15) is 9.59 Å². The molecule has 3 heterocycles. The van der Waals surface area contributed by atoms with E-state index >= 15 is 0 Å². The minimum Gasteiger partial charge on any atom is -0.458 e. The van der Waals surface area contributed by atoms with Gasteiger partial charge in [-0.2, -0.15) is 0 Å². The molecule has 0 N–H and O–H groups in total. The number of furan rings is 1. The SMILES string of the molecule is C=CCOC(=O)C1=C(C)N=c2sc(=Cc3ccc(-c4ccc(Cl)cc4Cl)o3)c(=O)n2C1c1ccccc1. The maximum atomic E-state index is 13.7. The lowest BCUT2D eigenvalue weighted by Crippen LogP contribution is -2.39. The second-order valence-corrected chi connectivity index (χ2v) is 10.1. The number of hydrogen-bond acceptors (Lipinski definition) is 6. The molecule has 0 saturated carbocycles. The number of benzene rings is 2. The standard InChI is InChI=1S/C28H20Cl2N2O4S/c1-3-13-35-27(34)24-16(2)31-28-32(25(24)17-7-5-4-6-8-17)26(33)23(37-28)15-19-10-12-22(36-19)20-11-9-18(29)14-21(20)30/h3-12,14-15,25H,1,13H2,2H3. The smallest absolute Gasteiger partial charge is 0.338 e. The highest BCUT2D eigenvalue weighted by atomic mass is 35.5. The predicted octanol–water partition coefficient (Wildman–Crippen LogP) is 5.53. The molecule has 9 heteroatoms. The number of fused-ring (bicyclic) bond motifs is 1. The summed E-state index contributed by atoms with van der Waals surface area (Å²) in [6.45, 7) is 5.40. The van der Waals surface area contributed by atoms with Crippen LogP contribution in [-0.4, -0.2) is 17.1 Å². The molecule has 0 fully saturated rings. The summed E-state index contributed by atoms with van der Waals surface area (Å²) < 4.78 is 13.3. The summed E-state index contributed by atoms with van der Waals surface area (Å²) in [5.41, 5.74) is 1.97. The van der Waals surface area contributed by atoms with Crippen molar-refractivity contribution in [1.82, 2.24) is 4.57 Å². The molecule has 5 rings (SSSR count). The number of thiazole rings is 1. The van der Waals surface area contributed by atoms with Crippen LogP contribution in [0.15, 0.2) is 98.8 Å². The predicted molar refractivity (Wildman–Crippen MR) is 146 cm³/mol. The molecule has 1 atom stereocenters. The van der Waals surface area contributed by atoms with Gasteiger partial charge in [-0.25, -0.2) is 9.79 Å². The van der Waals surface area contributed by atoms with Crippen LogP contribution >= 0.6 is 34.5 Å². The van der Waals surface area contributed by atoms with Gasteiger partial charge in [-0.1, -0.05) is 77.5 Å². The van der Waals surface area contributed by atoms with Crippen LogP contribution in [-0.2, 0) is 9.53 Å². The Balaban J connectivity index is 1.62. The van der Waals surface area contributed by atoms with Crippen LogP contribution in [0, 0.1) is 0 Å². The zero-order valence-corrected chi connectivity index (χ0v) is 21.9. The molecule has 0 aliphatic carbocycles. The number of rotatable bonds is 6. The number of carbonyl (C=O) groups excluding carboxylic acids is 1. The van der Waals surface area contributed by atoms with Crippen molar-refractivity contribution in [3.63, 3.8) is 0 Å². The first-order valence-corrected chi connectivity index (χ1v) is 12.9. The zero-order chi connectivity index (χ0) is 26.1. The normalized spacial score (nSPS) is 15.3. The average Bonchev–Trinajstić information content (AvgIpc) is 3.46. The fourth-order valence-corrected chi connectivity index (χ4v) is 5.67. The summed E-state index contributed by atoms with van der Waals surface area (Å²) in [6.07, 6.45) is 3.16. The van der Waals surface area contributed by atoms with Gasteiger partial charge in [0.15, 0.2) is 4.80 Å². The molecule has 0 radical (unpaired) electrons. The number of ether oxygens (including phenoxy) is 1. The van der Waals surface area contributed by atoms with Crippen LogP contribution in [0.3, 0.4) is 0 Å². The summed E-state index contributed by atoms with van der Waals surface area (Å²) in [6, 6.07) is 17.3. The minimum atomic E-state index is -0.683. The Kier molecular flexibility index (Phi) is 7.02. The quantitative estimate of drug-likeness (QED) is 0.233. The lowest BCUT2D eigenvalue weighted by atomic mass is 9.96. The minimum absolute atomic E-state index is 0.0556. The van der Waals surface area contributed by atoms with Gasteiger partial charge in [0.2, 0.25) is 0 Å². The third kappa shape index (κ3) is 4.85. The van der Waals surface area contributed by atoms with E-state index in [4.69, 9.17) is 32.4 Å². The number of esters is 1. The van der Waals surface area contributed by atoms with Gasteiger partial charge in [-0.3, -0.25) is 9.36 Å². The maximum Gasteiger partial charge on any atom is 0.338 e. The molecule has 1 aliphatic rings. The van der Waals surface area contributed by atoms with Crippen molar-refractivity contribution in [2.24, 2.45) is 4.99 Å². The first-order chi connectivity index (χ1) is 17.9. The lowest BCUT2D eigenvalue weighted by molar-refractivity contribution is -0.138. The van der Waals surface area contributed by atoms with E-state index in [1.54, 1.807) is 43.3 Å². The van der Waals surface area contributed by atoms with Gasteiger partial charge in [0.05, 0.1) is 26.9 Å². The van der Waals surface area contributed by atoms with Gasteiger partial charge in [0.1, 0.15) is 18.1 Å². The average molecular weight is 551 g/mol. The van der Waals surface area contributed by atoms with Crippen molar-refractivity contribution in [1.29, 1.82) is 0 Å². The van der Waals surface area contributed by atoms with Crippen LogP contribution in [0.1, 0.15) is 24.3 Å². The van der Waals surface area contributed by atoms with Gasteiger partial charge in [0, 0.05) is 16.7 Å². The summed E-state index contributed by atoms with van der Waals surface area (Å²) in [4.78, 5) is 31.8. The van der Waals surface area contributed by atoms with Crippen molar-refractivity contribution < 1.29 is 13.9 Å². The van der Waals surface area contributed by atoms with E-state index < -0.39 is 12.0 Å². The highest BCUT2D eigenvalue weighted by molar-refractivity contribution is 7.07. The largest absolute Gasteiger partial charge is 0.458 e. The second-order valence-electron chi connectivity index (χ2n) is 8.21. The molecule has 186 valence electrons. The monoisotopic (exact) mass is 550 g/mol. The van der Waals surface area contributed by atoms with Crippen molar-refractivity contribution in [3.8, 4) is 11.3 Å². The van der Waals surface area contributed by atoms with Crippen molar-refractivity contribution in [2.45, 2.75) is 13.0 Å². The highest BCUT2D eigenvalue weighted by Crippen LogP contribution is 2.32. The Labute approximate surface area is 226 Å². The van der Waals surface area contributed by atoms with E-state index in [-0.39, 0.29) is 12.2 Å². The molecule has 1 unspecified atom stereocenters. The summed E-state index contributed by atoms with van der Waals surface area (Å²) >= 11 is 13.5. The van der Waals surface area contributed by atoms with Crippen LogP contribution in [0.5, 0.6) is 0 Å². The molecular formula is C28H20Cl2N2O4S. The Morgan fingerprint density at radius 2 is 1.97 bits per heavy atom. The zero-order valence-electron chi connectivity index (χ0n) is 19.6. The second kappa shape index (κ2) is 10.4. The molecule has 1 aliphatic heterocycles. The van der Waals surface area contributed by atoms with Crippen LogP contribution in [0.2, 0.25) is 10.0 Å². The Bertz CT molecular complexity index is 1730. The molecule has 0 spiro atoms. The van der Waals surface area contributed by atoms with Gasteiger partial charge >= 0.3 is 5.97 Å². The summed E-state index contributed by atoms with van der Waals surface area (Å²) in [5.74, 6) is 0.481. The number of halogens is 2. The van der Waals surface area contributed by atoms with Gasteiger partial charge in [-0.05, 0) is 42.8 Å². The van der Waals surface area contributed by atoms with E-state index in [0.29, 0.717) is 47.7 Å². The Hall–Kier alpha value is -3.65. The first-order valence-electron chi connectivity index (χ1n) is 11.3. The van der Waals surface area contributed by atoms with Gasteiger partial charge < -0.3 is 9.15 Å². The molecule has 6 nitrogen and oxygen atoms in total. The van der Waals surface area contributed by atoms with Gasteiger partial charge in [-0.15, -0.1) is 0 Å². The number of nitrogens with zero attached hydrogens (tertiary/aromatic N) is 2. The Morgan fingerprint density at radius 3 is 2.70 bits per heavy atom. The third-order valence-corrected chi connectivity index (χ3v) is 7.32. The van der Waals surface area contributed by atoms with Gasteiger partial charge in [0.25, 0.3) is 5.56 Å². The highest BCUT2D eigenvalue weighted by Gasteiger charge is 2.33. The van der Waals surface area contributed by atoms with E-state index in [1.807, 2.05) is 30.3 Å². The lowest BCUT2D eigenvalue weighted by Gasteiger charge is -2.24. The van der Waals surface area contributed by atoms with E-state index in [2.05, 4.69) is 11.6 Å². The van der Waals surface area contributed by atoms with Crippen LogP contribution in [0.4, 0.5) is 0 Å². The summed E-state index contributed by atoms with van der Waals surface area (Å²) in [7, 11) is 0. The molecule has 0 bridgehead atoms. The topological polar surface area (TPSA) is 73.8 Å². The number of aromatic nitrogens is 1. The fraction of sp³-hybridized carbons (Fsp3) is 0.107. The third-order valence-electron chi connectivity index (χ3n) is 5.79. The Morgan fingerprint density at radius 1 is 1.19 bits per heavy atom. The van der Waals surface area contributed by atoms with Crippen molar-refractivity contribution in [2.75, 3.05) is 6.61 Å². The molecule has 37 heavy (non-hydrogen) atoms. The van der Waals surface area contributed by atoms with Crippen LogP contribution in [0.25, 0.3) is 17.4 Å². The molecule has 4 aromatic rings. The molecule has 0 saturated heterocycles. The van der Waals surface area contributed by atoms with E-state index in [0.717, 1.165) is 5.56 Å². The van der Waals surface area contributed by atoms with E-state index in [1.165, 1.54) is 22.0 Å². The number of carbonyl (C=O) groups is 1. The first kappa shape index (κ1) is 25.0. The summed E-state index contributed by atoms with van der Waals surface area (Å²) in [5, 5.41) is 0.986. The van der Waals surface area contributed by atoms with Crippen molar-refractivity contribution >= 4 is 46.6 Å². The maximum absolute atomic E-state index is 13.7. The number of allylic oxidation sites excluding steroid dienone is 1. The molecule has 0 amide bonds. The van der Waals surface area contributed by atoms with Crippen LogP contribution < -0.4 is 14.9 Å². The molecule has 2 aromatic heterocycles. The molecule has 2 aromatic carbocycles. The van der Waals surface area contributed by atoms with Crippen molar-refractivity contribution in [3.05, 3.63) is 126 Å². The molecular weight excluding hydrogens is 531 g/mol. The fourth-order valence-electron chi connectivity index (χ4n) is 4.14.